The van der Waals surface area contributed by atoms with E-state index in [0.29, 0.717) is 5.54 Å². The monoisotopic (exact) mass is 355 g/mol. The Bertz CT molecular complexity index is 319. The zero-order valence-electron chi connectivity index (χ0n) is 18.0. The molecule has 0 radical (unpaired) electrons. The van der Waals surface area contributed by atoms with Gasteiger partial charge in [-0.25, -0.2) is 0 Å². The standard InChI is InChI=1S/C11H23NO.C10H22N2/c1-10(2)9-11(3,4)12-5-7-13-8-6-12;1-3-5-6-12-9-7-11(4-2)8-10-12/h10H,5-9H2,1-4H3;3-10H2,1-2H3. The number of likely N-dealkylation sites (N-methyl/N-ethyl adjacent to an activating group) is 1. The summed E-state index contributed by atoms with van der Waals surface area (Å²) in [6.45, 7) is 25.5. The zero-order chi connectivity index (χ0) is 18.7. The van der Waals surface area contributed by atoms with Crippen LogP contribution >= 0.6 is 0 Å². The molecule has 0 atom stereocenters. The number of morpholine rings is 1. The molecule has 0 bridgehead atoms. The van der Waals surface area contributed by atoms with Crippen molar-refractivity contribution in [3.8, 4) is 0 Å². The van der Waals surface area contributed by atoms with Crippen LogP contribution in [-0.2, 0) is 4.74 Å². The first kappa shape index (κ1) is 22.9. The summed E-state index contributed by atoms with van der Waals surface area (Å²) < 4.78 is 5.36. The van der Waals surface area contributed by atoms with Gasteiger partial charge in [-0.05, 0) is 45.7 Å². The molecule has 25 heavy (non-hydrogen) atoms. The number of ether oxygens (including phenoxy) is 1. The summed E-state index contributed by atoms with van der Waals surface area (Å²) in [6.07, 6.45) is 3.97. The maximum atomic E-state index is 5.36. The van der Waals surface area contributed by atoms with Crippen molar-refractivity contribution in [1.82, 2.24) is 14.7 Å². The Balaban J connectivity index is 0.000000251. The average molecular weight is 356 g/mol. The van der Waals surface area contributed by atoms with E-state index in [9.17, 15) is 0 Å². The molecular formula is C21H45N3O. The van der Waals surface area contributed by atoms with Crippen LogP contribution in [0.25, 0.3) is 0 Å². The van der Waals surface area contributed by atoms with Gasteiger partial charge in [0, 0.05) is 44.8 Å². The molecule has 2 aliphatic heterocycles. The third-order valence-corrected chi connectivity index (χ3v) is 5.51. The molecule has 0 unspecified atom stereocenters. The topological polar surface area (TPSA) is 19.0 Å². The Morgan fingerprint density at radius 1 is 0.880 bits per heavy atom. The summed E-state index contributed by atoms with van der Waals surface area (Å²) in [7, 11) is 0. The van der Waals surface area contributed by atoms with Gasteiger partial charge in [-0.1, -0.05) is 34.1 Å². The fourth-order valence-electron chi connectivity index (χ4n) is 4.01. The van der Waals surface area contributed by atoms with Crippen LogP contribution in [0.4, 0.5) is 0 Å². The first-order valence-corrected chi connectivity index (χ1v) is 10.7. The predicted molar refractivity (Wildman–Crippen MR) is 109 cm³/mol. The van der Waals surface area contributed by atoms with Gasteiger partial charge in [-0.15, -0.1) is 0 Å². The minimum atomic E-state index is 0.345. The van der Waals surface area contributed by atoms with E-state index >= 15 is 0 Å². The lowest BCUT2D eigenvalue weighted by molar-refractivity contribution is -0.0165. The molecule has 0 aromatic rings. The fraction of sp³-hybridized carbons (Fsp3) is 1.00. The molecule has 0 N–H and O–H groups in total. The van der Waals surface area contributed by atoms with E-state index in [1.807, 2.05) is 0 Å². The SMILES string of the molecule is CC(C)CC(C)(C)N1CCOCC1.CCCCN1CCN(CC)CC1. The Morgan fingerprint density at radius 3 is 1.92 bits per heavy atom. The van der Waals surface area contributed by atoms with E-state index in [2.05, 4.69) is 56.2 Å². The van der Waals surface area contributed by atoms with Crippen molar-refractivity contribution in [3.63, 3.8) is 0 Å². The molecule has 4 heteroatoms. The Kier molecular flexibility index (Phi) is 11.2. The summed E-state index contributed by atoms with van der Waals surface area (Å²) in [4.78, 5) is 7.68. The lowest BCUT2D eigenvalue weighted by atomic mass is 9.90. The van der Waals surface area contributed by atoms with Crippen molar-refractivity contribution < 1.29 is 4.74 Å². The Hall–Kier alpha value is -0.160. The van der Waals surface area contributed by atoms with Crippen molar-refractivity contribution in [2.75, 3.05) is 65.6 Å². The minimum Gasteiger partial charge on any atom is -0.379 e. The molecule has 0 amide bonds. The zero-order valence-corrected chi connectivity index (χ0v) is 18.0. The molecule has 150 valence electrons. The van der Waals surface area contributed by atoms with Crippen molar-refractivity contribution in [2.24, 2.45) is 5.92 Å². The maximum absolute atomic E-state index is 5.36. The second-order valence-electron chi connectivity index (χ2n) is 8.64. The molecule has 2 rings (SSSR count). The lowest BCUT2D eigenvalue weighted by Crippen LogP contribution is -2.50. The summed E-state index contributed by atoms with van der Waals surface area (Å²) >= 11 is 0. The van der Waals surface area contributed by atoms with Crippen LogP contribution in [0, 0.1) is 5.92 Å². The van der Waals surface area contributed by atoms with Crippen LogP contribution in [0.1, 0.15) is 60.8 Å². The van der Waals surface area contributed by atoms with E-state index in [1.54, 1.807) is 0 Å². The highest BCUT2D eigenvalue weighted by molar-refractivity contribution is 4.83. The number of hydrogen-bond acceptors (Lipinski definition) is 4. The molecule has 0 aliphatic carbocycles. The van der Waals surface area contributed by atoms with Crippen LogP contribution in [0.2, 0.25) is 0 Å². The van der Waals surface area contributed by atoms with Crippen molar-refractivity contribution in [1.29, 1.82) is 0 Å². The van der Waals surface area contributed by atoms with Crippen LogP contribution < -0.4 is 0 Å². The number of unbranched alkanes of at least 4 members (excludes halogenated alkanes) is 1. The third-order valence-electron chi connectivity index (χ3n) is 5.51. The van der Waals surface area contributed by atoms with Gasteiger partial charge < -0.3 is 14.5 Å². The van der Waals surface area contributed by atoms with Crippen LogP contribution in [0.15, 0.2) is 0 Å². The van der Waals surface area contributed by atoms with Gasteiger partial charge in [0.1, 0.15) is 0 Å². The summed E-state index contributed by atoms with van der Waals surface area (Å²) in [5, 5.41) is 0. The number of hydrogen-bond donors (Lipinski definition) is 0. The van der Waals surface area contributed by atoms with Gasteiger partial charge >= 0.3 is 0 Å². The molecule has 0 spiro atoms. The highest BCUT2D eigenvalue weighted by Gasteiger charge is 2.28. The van der Waals surface area contributed by atoms with Gasteiger partial charge in [0.15, 0.2) is 0 Å². The molecule has 4 nitrogen and oxygen atoms in total. The summed E-state index contributed by atoms with van der Waals surface area (Å²) in [5.74, 6) is 0.776. The molecule has 0 saturated carbocycles. The quantitative estimate of drug-likeness (QED) is 0.695. The normalized spacial score (nSPS) is 21.2. The largest absolute Gasteiger partial charge is 0.379 e. The second kappa shape index (κ2) is 12.3. The van der Waals surface area contributed by atoms with Crippen LogP contribution in [-0.4, -0.2) is 85.8 Å². The molecular weight excluding hydrogens is 310 g/mol. The maximum Gasteiger partial charge on any atom is 0.0594 e. The third kappa shape index (κ3) is 9.37. The second-order valence-corrected chi connectivity index (χ2v) is 8.64. The molecule has 2 aliphatic rings. The van der Waals surface area contributed by atoms with Crippen molar-refractivity contribution in [2.45, 2.75) is 66.3 Å². The molecule has 0 aromatic heterocycles. The number of piperazine rings is 1. The first-order valence-electron chi connectivity index (χ1n) is 10.7. The fourth-order valence-corrected chi connectivity index (χ4v) is 4.01. The average Bonchev–Trinajstić information content (AvgIpc) is 2.61. The molecule has 2 heterocycles. The summed E-state index contributed by atoms with van der Waals surface area (Å²) in [6, 6.07) is 0. The predicted octanol–water partition coefficient (Wildman–Crippen LogP) is 3.57. The van der Waals surface area contributed by atoms with E-state index in [-0.39, 0.29) is 0 Å². The lowest BCUT2D eigenvalue weighted by Gasteiger charge is -2.41. The van der Waals surface area contributed by atoms with E-state index in [4.69, 9.17) is 4.74 Å². The Morgan fingerprint density at radius 2 is 1.44 bits per heavy atom. The molecule has 0 aromatic carbocycles. The highest BCUT2D eigenvalue weighted by atomic mass is 16.5. The molecule has 2 saturated heterocycles. The number of nitrogens with zero attached hydrogens (tertiary/aromatic N) is 3. The van der Waals surface area contributed by atoms with Crippen molar-refractivity contribution in [3.05, 3.63) is 0 Å². The van der Waals surface area contributed by atoms with Crippen LogP contribution in [0.5, 0.6) is 0 Å². The van der Waals surface area contributed by atoms with Gasteiger partial charge in [0.2, 0.25) is 0 Å². The van der Waals surface area contributed by atoms with Gasteiger partial charge in [-0.3, -0.25) is 4.90 Å². The van der Waals surface area contributed by atoms with Gasteiger partial charge in [-0.2, -0.15) is 0 Å². The van der Waals surface area contributed by atoms with Gasteiger partial charge in [0.25, 0.3) is 0 Å². The van der Waals surface area contributed by atoms with E-state index < -0.39 is 0 Å². The summed E-state index contributed by atoms with van der Waals surface area (Å²) in [5.41, 5.74) is 0.345. The molecule has 2 fully saturated rings. The van der Waals surface area contributed by atoms with Crippen molar-refractivity contribution >= 4 is 0 Å². The highest BCUT2D eigenvalue weighted by Crippen LogP contribution is 2.24. The van der Waals surface area contributed by atoms with Gasteiger partial charge in [0.05, 0.1) is 13.2 Å². The smallest absolute Gasteiger partial charge is 0.0594 e. The first-order chi connectivity index (χ1) is 11.9. The Labute approximate surface area is 157 Å². The van der Waals surface area contributed by atoms with E-state index in [0.717, 1.165) is 32.2 Å². The number of rotatable bonds is 7. The van der Waals surface area contributed by atoms with Crippen LogP contribution in [0.3, 0.4) is 0 Å². The van der Waals surface area contributed by atoms with E-state index in [1.165, 1.54) is 58.5 Å². The minimum absolute atomic E-state index is 0.345.